The van der Waals surface area contributed by atoms with E-state index in [1.807, 2.05) is 140 Å². The van der Waals surface area contributed by atoms with E-state index in [0.717, 1.165) is 56.6 Å². The highest BCUT2D eigenvalue weighted by Crippen LogP contribution is 2.34. The van der Waals surface area contributed by atoms with E-state index in [4.69, 9.17) is 34.7 Å². The molecule has 2 aliphatic heterocycles. The zero-order valence-corrected chi connectivity index (χ0v) is 51.7. The van der Waals surface area contributed by atoms with Crippen LogP contribution in [0.4, 0.5) is 0 Å². The average molecular weight is 1230 g/mol. The Balaban J connectivity index is 0.000000210. The molecule has 6 atom stereocenters. The monoisotopic (exact) mass is 1230 g/mol. The first-order chi connectivity index (χ1) is 42.7. The van der Waals surface area contributed by atoms with Crippen molar-refractivity contribution in [3.8, 4) is 0 Å². The molecule has 17 heteroatoms. The summed E-state index contributed by atoms with van der Waals surface area (Å²) < 4.78 is 0. The van der Waals surface area contributed by atoms with Crippen LogP contribution < -0.4 is 22.1 Å². The minimum atomic E-state index is -0.905. The Labute approximate surface area is 526 Å². The van der Waals surface area contributed by atoms with Crippen molar-refractivity contribution in [3.63, 3.8) is 0 Å². The zero-order valence-electron chi connectivity index (χ0n) is 50.2. The number of carbonyl (C=O) groups excluding carboxylic acids is 6. The van der Waals surface area contributed by atoms with E-state index in [2.05, 4.69) is 10.6 Å². The molecule has 2 heterocycles. The molecule has 15 nitrogen and oxygen atoms in total. The largest absolute Gasteiger partial charge is 0.395 e. The maximum Gasteiger partial charge on any atom is 0.250 e. The van der Waals surface area contributed by atoms with Gasteiger partial charge < -0.3 is 46.8 Å². The molecule has 0 radical (unpaired) electrons. The smallest absolute Gasteiger partial charge is 0.250 e. The van der Waals surface area contributed by atoms with E-state index < -0.39 is 36.0 Å². The third kappa shape index (κ3) is 16.7. The zero-order chi connectivity index (χ0) is 62.1. The highest BCUT2D eigenvalue weighted by molar-refractivity contribution is 6.31. The maximum absolute atomic E-state index is 14.5. The highest BCUT2D eigenvalue weighted by atomic mass is 35.5. The number of amides is 6. The van der Waals surface area contributed by atoms with Gasteiger partial charge in [0.25, 0.3) is 5.91 Å². The van der Waals surface area contributed by atoms with Gasteiger partial charge in [0.2, 0.25) is 29.5 Å². The van der Waals surface area contributed by atoms with Crippen molar-refractivity contribution < 1.29 is 33.9 Å². The number of hydrogen-bond donors (Lipinski definition) is 5. The first-order valence-corrected chi connectivity index (χ1v) is 31.8. The fraction of sp³-hybridized carbons (Fsp3) is 0.380. The van der Waals surface area contributed by atoms with Crippen molar-refractivity contribution in [2.24, 2.45) is 11.5 Å². The second-order valence-corrected chi connectivity index (χ2v) is 24.5. The van der Waals surface area contributed by atoms with Gasteiger partial charge in [-0.25, -0.2) is 0 Å². The number of hydrogen-bond acceptors (Lipinski definition) is 9. The van der Waals surface area contributed by atoms with E-state index in [1.165, 1.54) is 19.3 Å². The van der Waals surface area contributed by atoms with Crippen molar-refractivity contribution in [1.29, 1.82) is 0 Å². The van der Waals surface area contributed by atoms with Gasteiger partial charge in [0.05, 0.1) is 6.61 Å². The van der Waals surface area contributed by atoms with E-state index in [0.29, 0.717) is 86.5 Å². The third-order valence-corrected chi connectivity index (χ3v) is 18.1. The SMILES string of the molecule is CC1CCN(C(Cc2cccc3ccccc23)C(N)=O)C(=O)C(c2cccc(Cl)c2)N1C(=O)CCNC1CCCCC1.NC(=O)C(Cc1cccc2ccccc12)N1CCCN(C(=O)CCNC(CO)Cc2ccccc2)C(Cc2cccc(Cl)c2)C1=O. The Bertz CT molecular complexity index is 3520. The molecule has 7 N–H and O–H groups in total. The number of primary amides is 2. The van der Waals surface area contributed by atoms with Gasteiger partial charge in [-0.3, -0.25) is 28.8 Å². The van der Waals surface area contributed by atoms with Gasteiger partial charge in [0.15, 0.2) is 0 Å². The molecular weight excluding hydrogens is 1150 g/mol. The third-order valence-electron chi connectivity index (χ3n) is 17.6. The van der Waals surface area contributed by atoms with Crippen LogP contribution >= 0.6 is 23.2 Å². The predicted octanol–water partition coefficient (Wildman–Crippen LogP) is 9.54. The normalized spacial score (nSPS) is 18.7. The van der Waals surface area contributed by atoms with Crippen LogP contribution in [0, 0.1) is 0 Å². The van der Waals surface area contributed by atoms with Crippen LogP contribution in [0.25, 0.3) is 21.5 Å². The lowest BCUT2D eigenvalue weighted by Gasteiger charge is -2.36. The Hall–Kier alpha value is -7.66. The fourth-order valence-corrected chi connectivity index (χ4v) is 13.4. The number of nitrogens with two attached hydrogens (primary N) is 2. The molecule has 88 heavy (non-hydrogen) atoms. The van der Waals surface area contributed by atoms with Crippen LogP contribution in [0.1, 0.15) is 98.6 Å². The molecule has 6 amide bonds. The Morgan fingerprint density at radius 2 is 1.14 bits per heavy atom. The number of rotatable bonds is 22. The quantitative estimate of drug-likeness (QED) is 0.0437. The number of aliphatic hydroxyl groups is 1. The molecule has 10 rings (SSSR count). The van der Waals surface area contributed by atoms with Crippen LogP contribution in [0.2, 0.25) is 10.0 Å². The summed E-state index contributed by atoms with van der Waals surface area (Å²) in [5.74, 6) is -2.02. The Kier molecular flexibility index (Phi) is 23.2. The van der Waals surface area contributed by atoms with Crippen LogP contribution in [0.5, 0.6) is 0 Å². The van der Waals surface area contributed by atoms with E-state index >= 15 is 0 Å². The van der Waals surface area contributed by atoms with Gasteiger partial charge in [-0.15, -0.1) is 0 Å². The van der Waals surface area contributed by atoms with E-state index in [-0.39, 0.29) is 61.6 Å². The predicted molar refractivity (Wildman–Crippen MR) is 348 cm³/mol. The van der Waals surface area contributed by atoms with Crippen molar-refractivity contribution in [2.75, 3.05) is 39.3 Å². The van der Waals surface area contributed by atoms with Gasteiger partial charge in [0, 0.05) is 93.0 Å². The summed E-state index contributed by atoms with van der Waals surface area (Å²) in [7, 11) is 0. The lowest BCUT2D eigenvalue weighted by atomic mass is 9.95. The molecule has 1 saturated carbocycles. The fourth-order valence-electron chi connectivity index (χ4n) is 13.0. The first kappa shape index (κ1) is 64.8. The lowest BCUT2D eigenvalue weighted by molar-refractivity contribution is -0.148. The topological polar surface area (TPSA) is 212 Å². The average Bonchev–Trinajstić information content (AvgIpc) is 2.08. The summed E-state index contributed by atoms with van der Waals surface area (Å²) in [6, 6.07) is 48.6. The minimum Gasteiger partial charge on any atom is -0.395 e. The Morgan fingerprint density at radius 1 is 0.580 bits per heavy atom. The number of nitrogens with one attached hydrogen (secondary N) is 2. The second kappa shape index (κ2) is 31.5. The summed E-state index contributed by atoms with van der Waals surface area (Å²) in [6.07, 6.45) is 8.91. The number of halogens is 2. The standard InChI is InChI=1S/C37H41ClN4O4.C34H41ClN4O3/c38-30-15-6-11-27(21-30)23-34-37(46)42(33(36(39)45)24-29-14-7-13-28-12-4-5-16-32(28)29)20-8-19-41(34)35(44)17-18-40-31(25-43)22-26-9-2-1-3-10-26;1-23-18-20-38(30(33(36)41)22-25-11-7-10-24-9-5-6-16-29(24)25)34(42)32(26-12-8-13-27(35)21-26)39(23)31(40)17-19-37-28-14-3-2-4-15-28/h1-7,9-16,21,31,33-34,40,43H,8,17-20,22-25H2,(H2,39,45);5-13,16,21,23,28,30,32,37H,2-4,14-15,17-20,22H2,1H3,(H2,36,41). The second-order valence-electron chi connectivity index (χ2n) is 23.6. The molecule has 3 fully saturated rings. The van der Waals surface area contributed by atoms with Crippen LogP contribution in [-0.2, 0) is 54.5 Å². The number of fused-ring (bicyclic) bond motifs is 2. The molecule has 462 valence electrons. The number of carbonyl (C=O) groups is 6. The van der Waals surface area contributed by atoms with Crippen molar-refractivity contribution >= 4 is 80.2 Å². The molecule has 2 saturated heterocycles. The number of nitrogens with zero attached hydrogens (tertiary/aromatic N) is 4. The molecule has 7 aromatic rings. The van der Waals surface area contributed by atoms with Gasteiger partial charge in [-0.2, -0.15) is 0 Å². The molecule has 6 unspecified atom stereocenters. The number of benzene rings is 7. The van der Waals surface area contributed by atoms with E-state index in [1.54, 1.807) is 49.9 Å². The highest BCUT2D eigenvalue weighted by Gasteiger charge is 2.44. The lowest BCUT2D eigenvalue weighted by Crippen LogP contribution is -2.55. The van der Waals surface area contributed by atoms with Gasteiger partial charge in [-0.1, -0.05) is 182 Å². The molecule has 0 bridgehead atoms. The van der Waals surface area contributed by atoms with Crippen molar-refractivity contribution in [3.05, 3.63) is 202 Å². The Morgan fingerprint density at radius 3 is 1.75 bits per heavy atom. The first-order valence-electron chi connectivity index (χ1n) is 31.0. The van der Waals surface area contributed by atoms with Crippen LogP contribution in [-0.4, -0.2) is 136 Å². The summed E-state index contributed by atoms with van der Waals surface area (Å²) in [4.78, 5) is 89.1. The molecule has 0 spiro atoms. The molecule has 3 aliphatic rings. The van der Waals surface area contributed by atoms with Crippen molar-refractivity contribution in [1.82, 2.24) is 30.2 Å². The molecule has 0 aromatic heterocycles. The van der Waals surface area contributed by atoms with Crippen molar-refractivity contribution in [2.45, 2.75) is 133 Å². The van der Waals surface area contributed by atoms with Gasteiger partial charge in [-0.05, 0) is 113 Å². The summed E-state index contributed by atoms with van der Waals surface area (Å²) >= 11 is 12.7. The van der Waals surface area contributed by atoms with Gasteiger partial charge in [0.1, 0.15) is 24.2 Å². The van der Waals surface area contributed by atoms with E-state index in [9.17, 15) is 33.9 Å². The molecular formula is C71H82Cl2N8O7. The van der Waals surface area contributed by atoms with Gasteiger partial charge >= 0.3 is 0 Å². The van der Waals surface area contributed by atoms with Crippen LogP contribution in [0.3, 0.4) is 0 Å². The molecule has 1 aliphatic carbocycles. The summed E-state index contributed by atoms with van der Waals surface area (Å²) in [5.41, 5.74) is 16.4. The summed E-state index contributed by atoms with van der Waals surface area (Å²) in [5, 5.41) is 21.9. The maximum atomic E-state index is 14.5. The van der Waals surface area contributed by atoms with Crippen LogP contribution in [0.15, 0.2) is 164 Å². The summed E-state index contributed by atoms with van der Waals surface area (Å²) in [6.45, 7) is 3.81. The molecule has 7 aromatic carbocycles. The minimum absolute atomic E-state index is 0.0666. The number of aliphatic hydroxyl groups excluding tert-OH is 1.